The highest BCUT2D eigenvalue weighted by Gasteiger charge is 2.27. The quantitative estimate of drug-likeness (QED) is 0.547. The zero-order chi connectivity index (χ0) is 17.6. The van der Waals surface area contributed by atoms with E-state index in [1.54, 1.807) is 0 Å². The second-order valence-electron chi connectivity index (χ2n) is 6.94. The number of hydrogen-bond acceptors (Lipinski definition) is 4. The summed E-state index contributed by atoms with van der Waals surface area (Å²) in [6, 6.07) is 1.69. The van der Waals surface area contributed by atoms with Gasteiger partial charge in [0.05, 0.1) is 0 Å². The molecule has 4 atom stereocenters. The molecule has 0 aromatic carbocycles. The Kier molecular flexibility index (Phi) is 12.8. The highest BCUT2D eigenvalue weighted by molar-refractivity contribution is 4.86. The number of fused-ring (bicyclic) bond motifs is 2. The van der Waals surface area contributed by atoms with Gasteiger partial charge in [-0.3, -0.25) is 0 Å². The van der Waals surface area contributed by atoms with Gasteiger partial charge in [0.1, 0.15) is 0 Å². The van der Waals surface area contributed by atoms with E-state index in [0.29, 0.717) is 0 Å². The standard InChI is InChI=1S/2C8H16N2.2C2H6/c1-2-7-6-9-5-3-8(7)10-4-1;1-2-4-8-7(3-1)5-9-6-10-8;2*1-2/h2*7-10H,1-6H2;2*1-2H3. The largest absolute Gasteiger partial charge is 0.316 e. The first-order chi connectivity index (χ1) is 11.9. The lowest BCUT2D eigenvalue weighted by Gasteiger charge is -2.36. The van der Waals surface area contributed by atoms with Crippen molar-refractivity contribution in [3.05, 3.63) is 0 Å². The summed E-state index contributed by atoms with van der Waals surface area (Å²) in [6.07, 6.45) is 9.88. The molecule has 0 radical (unpaired) electrons. The van der Waals surface area contributed by atoms with Crippen LogP contribution in [0.1, 0.15) is 72.6 Å². The molecule has 4 rings (SSSR count). The Morgan fingerprint density at radius 1 is 0.583 bits per heavy atom. The van der Waals surface area contributed by atoms with E-state index < -0.39 is 0 Å². The lowest BCUT2D eigenvalue weighted by Crippen LogP contribution is -2.52. The summed E-state index contributed by atoms with van der Waals surface area (Å²) >= 11 is 0. The summed E-state index contributed by atoms with van der Waals surface area (Å²) in [6.45, 7) is 14.0. The third kappa shape index (κ3) is 7.38. The number of rotatable bonds is 0. The molecule has 3 heterocycles. The highest BCUT2D eigenvalue weighted by atomic mass is 15.1. The SMILES string of the molecule is C1CCC2NCNCC2C1.C1CNC2CCNCC2C1.CC.CC. The molecule has 4 aliphatic rings. The fourth-order valence-corrected chi connectivity index (χ4v) is 4.33. The first-order valence-corrected chi connectivity index (χ1v) is 10.8. The van der Waals surface area contributed by atoms with Crippen molar-refractivity contribution in [2.75, 3.05) is 32.8 Å². The van der Waals surface area contributed by atoms with Gasteiger partial charge in [0.2, 0.25) is 0 Å². The number of nitrogens with one attached hydrogen (secondary N) is 4. The van der Waals surface area contributed by atoms with Gasteiger partial charge >= 0.3 is 0 Å². The molecule has 24 heavy (non-hydrogen) atoms. The zero-order valence-electron chi connectivity index (χ0n) is 16.8. The second-order valence-corrected chi connectivity index (χ2v) is 6.94. The normalized spacial score (nSPS) is 34.5. The zero-order valence-corrected chi connectivity index (χ0v) is 16.8. The lowest BCUT2D eigenvalue weighted by molar-refractivity contribution is 0.213. The molecule has 0 aromatic heterocycles. The van der Waals surface area contributed by atoms with E-state index in [0.717, 1.165) is 30.6 Å². The first kappa shape index (κ1) is 21.9. The van der Waals surface area contributed by atoms with Gasteiger partial charge in [-0.05, 0) is 63.6 Å². The van der Waals surface area contributed by atoms with Gasteiger partial charge in [-0.2, -0.15) is 0 Å². The van der Waals surface area contributed by atoms with Crippen LogP contribution in [-0.2, 0) is 0 Å². The summed E-state index contributed by atoms with van der Waals surface area (Å²) in [5.41, 5.74) is 0. The summed E-state index contributed by atoms with van der Waals surface area (Å²) in [5.74, 6) is 1.87. The van der Waals surface area contributed by atoms with Crippen LogP contribution < -0.4 is 21.3 Å². The van der Waals surface area contributed by atoms with Gasteiger partial charge in [0.15, 0.2) is 0 Å². The molecule has 4 fully saturated rings. The molecule has 0 amide bonds. The van der Waals surface area contributed by atoms with Gasteiger partial charge in [0, 0.05) is 25.3 Å². The predicted molar refractivity (Wildman–Crippen MR) is 106 cm³/mol. The second kappa shape index (κ2) is 14.1. The van der Waals surface area contributed by atoms with E-state index in [-0.39, 0.29) is 0 Å². The monoisotopic (exact) mass is 340 g/mol. The van der Waals surface area contributed by atoms with Crippen LogP contribution in [-0.4, -0.2) is 44.9 Å². The minimum atomic E-state index is 0.843. The third-order valence-corrected chi connectivity index (χ3v) is 5.57. The van der Waals surface area contributed by atoms with E-state index in [2.05, 4.69) is 21.3 Å². The minimum Gasteiger partial charge on any atom is -0.316 e. The Bertz CT molecular complexity index is 205. The van der Waals surface area contributed by atoms with Gasteiger partial charge < -0.3 is 21.3 Å². The molecular formula is C20H44N4. The van der Waals surface area contributed by atoms with Crippen LogP contribution in [0.5, 0.6) is 0 Å². The van der Waals surface area contributed by atoms with Gasteiger partial charge in [-0.25, -0.2) is 0 Å². The molecule has 0 spiro atoms. The van der Waals surface area contributed by atoms with Gasteiger partial charge in [-0.1, -0.05) is 40.5 Å². The molecule has 4 nitrogen and oxygen atoms in total. The molecule has 4 heteroatoms. The average molecular weight is 341 g/mol. The van der Waals surface area contributed by atoms with Crippen molar-refractivity contribution in [3.8, 4) is 0 Å². The summed E-state index contributed by atoms with van der Waals surface area (Å²) in [4.78, 5) is 0. The smallest absolute Gasteiger partial charge is 0.0456 e. The first-order valence-electron chi connectivity index (χ1n) is 10.8. The summed E-state index contributed by atoms with van der Waals surface area (Å²) in [7, 11) is 0. The fraction of sp³-hybridized carbons (Fsp3) is 1.00. The van der Waals surface area contributed by atoms with Gasteiger partial charge in [0.25, 0.3) is 0 Å². The lowest BCUT2D eigenvalue weighted by atomic mass is 9.83. The molecule has 4 N–H and O–H groups in total. The predicted octanol–water partition coefficient (Wildman–Crippen LogP) is 3.10. The Labute approximate surface area is 151 Å². The van der Waals surface area contributed by atoms with Crippen LogP contribution in [0.25, 0.3) is 0 Å². The van der Waals surface area contributed by atoms with Crippen LogP contribution >= 0.6 is 0 Å². The minimum absolute atomic E-state index is 0.843. The van der Waals surface area contributed by atoms with Crippen molar-refractivity contribution < 1.29 is 0 Å². The van der Waals surface area contributed by atoms with Crippen molar-refractivity contribution in [1.82, 2.24) is 21.3 Å². The highest BCUT2D eigenvalue weighted by Crippen LogP contribution is 2.24. The molecule has 0 bridgehead atoms. The third-order valence-electron chi connectivity index (χ3n) is 5.57. The van der Waals surface area contributed by atoms with Crippen LogP contribution in [0.4, 0.5) is 0 Å². The van der Waals surface area contributed by atoms with Crippen molar-refractivity contribution >= 4 is 0 Å². The molecule has 3 aliphatic heterocycles. The van der Waals surface area contributed by atoms with Crippen molar-refractivity contribution in [2.45, 2.75) is 84.7 Å². The Hall–Kier alpha value is -0.160. The van der Waals surface area contributed by atoms with E-state index >= 15 is 0 Å². The maximum Gasteiger partial charge on any atom is 0.0456 e. The van der Waals surface area contributed by atoms with E-state index in [9.17, 15) is 0 Å². The van der Waals surface area contributed by atoms with Crippen LogP contribution in [0.15, 0.2) is 0 Å². The molecule has 144 valence electrons. The van der Waals surface area contributed by atoms with Gasteiger partial charge in [-0.15, -0.1) is 0 Å². The van der Waals surface area contributed by atoms with Crippen molar-refractivity contribution in [2.24, 2.45) is 11.8 Å². The summed E-state index contributed by atoms with van der Waals surface area (Å²) < 4.78 is 0. The van der Waals surface area contributed by atoms with E-state index in [1.165, 1.54) is 71.1 Å². The average Bonchev–Trinajstić information content (AvgIpc) is 2.72. The van der Waals surface area contributed by atoms with Crippen LogP contribution in [0, 0.1) is 11.8 Å². The van der Waals surface area contributed by atoms with Crippen LogP contribution in [0.2, 0.25) is 0 Å². The molecular weight excluding hydrogens is 296 g/mol. The molecule has 4 unspecified atom stereocenters. The Morgan fingerprint density at radius 2 is 1.21 bits per heavy atom. The molecule has 1 aliphatic carbocycles. The topological polar surface area (TPSA) is 48.1 Å². The summed E-state index contributed by atoms with van der Waals surface area (Å²) in [5, 5.41) is 13.9. The van der Waals surface area contributed by atoms with Crippen molar-refractivity contribution in [3.63, 3.8) is 0 Å². The number of piperidine rings is 2. The molecule has 3 saturated heterocycles. The Balaban J connectivity index is 0.000000199. The Morgan fingerprint density at radius 3 is 1.96 bits per heavy atom. The number of hydrogen-bond donors (Lipinski definition) is 4. The maximum absolute atomic E-state index is 3.58. The van der Waals surface area contributed by atoms with Crippen molar-refractivity contribution in [1.29, 1.82) is 0 Å². The fourth-order valence-electron chi connectivity index (χ4n) is 4.33. The maximum atomic E-state index is 3.58. The molecule has 1 saturated carbocycles. The van der Waals surface area contributed by atoms with Crippen LogP contribution in [0.3, 0.4) is 0 Å². The van der Waals surface area contributed by atoms with E-state index in [1.807, 2.05) is 27.7 Å². The molecule has 0 aromatic rings. The van der Waals surface area contributed by atoms with E-state index in [4.69, 9.17) is 0 Å².